The monoisotopic (exact) mass is 586 g/mol. The van der Waals surface area contributed by atoms with Gasteiger partial charge in [0.15, 0.2) is 0 Å². The lowest BCUT2D eigenvalue weighted by Gasteiger charge is -2.13. The summed E-state index contributed by atoms with van der Waals surface area (Å²) in [4.78, 5) is 37.5. The second-order valence-corrected chi connectivity index (χ2v) is 11.3. The summed E-state index contributed by atoms with van der Waals surface area (Å²) < 4.78 is 11.0. The first-order valence-electron chi connectivity index (χ1n) is 15.8. The van der Waals surface area contributed by atoms with Crippen LogP contribution in [0.3, 0.4) is 0 Å². The Morgan fingerprint density at radius 3 is 1.95 bits per heavy atom. The topological polar surface area (TPSA) is 89.9 Å². The van der Waals surface area contributed by atoms with E-state index < -0.39 is 17.9 Å². The van der Waals surface area contributed by atoms with E-state index in [0.29, 0.717) is 11.1 Å². The van der Waals surface area contributed by atoms with E-state index in [9.17, 15) is 19.5 Å². The van der Waals surface area contributed by atoms with Gasteiger partial charge in [0, 0.05) is 0 Å². The number of ether oxygens (including phenoxy) is 2. The molecule has 3 aromatic rings. The number of carboxylic acids is 1. The summed E-state index contributed by atoms with van der Waals surface area (Å²) in [5, 5.41) is 9.90. The Kier molecular flexibility index (Phi) is 14.0. The number of hydrogen-bond acceptors (Lipinski definition) is 5. The minimum Gasteiger partial charge on any atom is -0.478 e. The fourth-order valence-electron chi connectivity index (χ4n) is 5.05. The number of hydrogen-bond donors (Lipinski definition) is 1. The molecule has 0 fully saturated rings. The van der Waals surface area contributed by atoms with Crippen molar-refractivity contribution in [1.82, 2.24) is 0 Å². The molecule has 3 aromatic carbocycles. The lowest BCUT2D eigenvalue weighted by Crippen LogP contribution is -2.15. The fraction of sp³-hybridized carbons (Fsp3) is 0.432. The van der Waals surface area contributed by atoms with Gasteiger partial charge in [-0.05, 0) is 85.7 Å². The van der Waals surface area contributed by atoms with Crippen LogP contribution in [0.25, 0.3) is 11.1 Å². The summed E-state index contributed by atoms with van der Waals surface area (Å²) in [7, 11) is 0. The van der Waals surface area contributed by atoms with Crippen molar-refractivity contribution < 1.29 is 29.0 Å². The smallest absolute Gasteiger partial charge is 0.343 e. The van der Waals surface area contributed by atoms with Gasteiger partial charge in [-0.3, -0.25) is 0 Å². The predicted molar refractivity (Wildman–Crippen MR) is 171 cm³/mol. The molecule has 0 saturated carbocycles. The number of carboxylic acid groups (broad SMARTS) is 1. The SMILES string of the molecule is CCCCCCCCc1ccc(-c2ccc(C(=O)Oc3ccc(C(=O)OC(C)CCCCCC)cc3)cc2C(=O)O)cc1. The molecule has 230 valence electrons. The van der Waals surface area contributed by atoms with Crippen LogP contribution >= 0.6 is 0 Å². The molecule has 0 aliphatic carbocycles. The maximum Gasteiger partial charge on any atom is 0.343 e. The second-order valence-electron chi connectivity index (χ2n) is 11.3. The largest absolute Gasteiger partial charge is 0.478 e. The molecule has 0 aliphatic rings. The van der Waals surface area contributed by atoms with Gasteiger partial charge in [0.1, 0.15) is 5.75 Å². The van der Waals surface area contributed by atoms with Crippen molar-refractivity contribution in [3.8, 4) is 16.9 Å². The van der Waals surface area contributed by atoms with E-state index in [4.69, 9.17) is 9.47 Å². The van der Waals surface area contributed by atoms with Crippen molar-refractivity contribution in [3.63, 3.8) is 0 Å². The lowest BCUT2D eigenvalue weighted by atomic mass is 9.95. The quantitative estimate of drug-likeness (QED) is 0.0906. The molecule has 0 radical (unpaired) electrons. The van der Waals surface area contributed by atoms with Gasteiger partial charge >= 0.3 is 17.9 Å². The molecular weight excluding hydrogens is 540 g/mol. The molecule has 0 amide bonds. The van der Waals surface area contributed by atoms with Crippen molar-refractivity contribution in [3.05, 3.63) is 89.0 Å². The first-order valence-corrected chi connectivity index (χ1v) is 15.8. The van der Waals surface area contributed by atoms with E-state index in [2.05, 4.69) is 13.8 Å². The van der Waals surface area contributed by atoms with Crippen molar-refractivity contribution in [2.45, 2.75) is 104 Å². The molecule has 3 rings (SSSR count). The van der Waals surface area contributed by atoms with Crippen molar-refractivity contribution >= 4 is 17.9 Å². The van der Waals surface area contributed by atoms with Gasteiger partial charge in [-0.15, -0.1) is 0 Å². The minimum absolute atomic E-state index is 0.0278. The van der Waals surface area contributed by atoms with Crippen LogP contribution in [0.2, 0.25) is 0 Å². The van der Waals surface area contributed by atoms with Gasteiger partial charge in [-0.25, -0.2) is 14.4 Å². The van der Waals surface area contributed by atoms with Crippen LogP contribution in [0.1, 0.15) is 128 Å². The summed E-state index contributed by atoms with van der Waals surface area (Å²) in [6.45, 7) is 6.27. The molecule has 1 atom stereocenters. The maximum absolute atomic E-state index is 12.9. The Labute approximate surface area is 256 Å². The molecule has 6 heteroatoms. The highest BCUT2D eigenvalue weighted by atomic mass is 16.5. The van der Waals surface area contributed by atoms with Gasteiger partial charge < -0.3 is 14.6 Å². The standard InChI is InChI=1S/C37H46O6/c1-4-6-8-10-11-13-15-28-16-18-29(19-17-28)33-25-22-31(26-34(33)35(38)39)37(41)43-32-23-20-30(21-24-32)36(40)42-27(3)14-12-9-7-5-2/h16-27H,4-15H2,1-3H3,(H,38,39). The average molecular weight is 587 g/mol. The van der Waals surface area contributed by atoms with E-state index >= 15 is 0 Å². The zero-order valence-corrected chi connectivity index (χ0v) is 25.9. The normalized spacial score (nSPS) is 11.6. The van der Waals surface area contributed by atoms with E-state index in [1.807, 2.05) is 31.2 Å². The number of carbonyl (C=O) groups excluding carboxylic acids is 2. The summed E-state index contributed by atoms with van der Waals surface area (Å²) >= 11 is 0. The fourth-order valence-corrected chi connectivity index (χ4v) is 5.05. The van der Waals surface area contributed by atoms with Crippen LogP contribution in [0.5, 0.6) is 5.75 Å². The van der Waals surface area contributed by atoms with Crippen LogP contribution in [-0.4, -0.2) is 29.1 Å². The molecule has 1 N–H and O–H groups in total. The number of aryl methyl sites for hydroxylation is 1. The molecule has 0 aromatic heterocycles. The summed E-state index contributed by atoms with van der Waals surface area (Å²) in [5.74, 6) is -1.98. The minimum atomic E-state index is -1.12. The summed E-state index contributed by atoms with van der Waals surface area (Å²) in [5.41, 5.74) is 3.07. The number of carbonyl (C=O) groups is 3. The molecule has 0 saturated heterocycles. The van der Waals surface area contributed by atoms with Crippen molar-refractivity contribution in [2.24, 2.45) is 0 Å². The molecule has 1 unspecified atom stereocenters. The summed E-state index contributed by atoms with van der Waals surface area (Å²) in [6, 6.07) is 18.7. The summed E-state index contributed by atoms with van der Waals surface area (Å²) in [6.07, 6.45) is 13.6. The van der Waals surface area contributed by atoms with Crippen LogP contribution in [0.15, 0.2) is 66.7 Å². The molecule has 43 heavy (non-hydrogen) atoms. The molecule has 0 bridgehead atoms. The van der Waals surface area contributed by atoms with Gasteiger partial charge in [-0.1, -0.05) is 95.5 Å². The Morgan fingerprint density at radius 1 is 0.698 bits per heavy atom. The third kappa shape index (κ3) is 11.0. The Balaban J connectivity index is 1.59. The van der Waals surface area contributed by atoms with Crippen LogP contribution in [-0.2, 0) is 11.2 Å². The first-order chi connectivity index (χ1) is 20.8. The van der Waals surface area contributed by atoms with Gasteiger partial charge in [0.25, 0.3) is 0 Å². The number of rotatable bonds is 18. The average Bonchev–Trinajstić information content (AvgIpc) is 3.01. The Hall–Kier alpha value is -3.93. The van der Waals surface area contributed by atoms with Crippen molar-refractivity contribution in [1.29, 1.82) is 0 Å². The van der Waals surface area contributed by atoms with E-state index in [0.717, 1.165) is 44.1 Å². The number of esters is 2. The van der Waals surface area contributed by atoms with Crippen LogP contribution < -0.4 is 4.74 Å². The zero-order valence-electron chi connectivity index (χ0n) is 25.9. The molecule has 0 aliphatic heterocycles. The highest BCUT2D eigenvalue weighted by molar-refractivity contribution is 6.00. The molecule has 6 nitrogen and oxygen atoms in total. The first kappa shape index (κ1) is 33.6. The highest BCUT2D eigenvalue weighted by Gasteiger charge is 2.18. The van der Waals surface area contributed by atoms with Crippen LogP contribution in [0.4, 0.5) is 0 Å². The van der Waals surface area contributed by atoms with E-state index in [1.165, 1.54) is 62.3 Å². The molecule has 0 heterocycles. The zero-order chi connectivity index (χ0) is 31.0. The number of unbranched alkanes of at least 4 members (excludes halogenated alkanes) is 8. The number of aromatic carboxylic acids is 1. The lowest BCUT2D eigenvalue weighted by molar-refractivity contribution is 0.0319. The molecular formula is C37H46O6. The third-order valence-electron chi connectivity index (χ3n) is 7.64. The van der Waals surface area contributed by atoms with E-state index in [1.54, 1.807) is 24.3 Å². The number of benzene rings is 3. The third-order valence-corrected chi connectivity index (χ3v) is 7.64. The van der Waals surface area contributed by atoms with Crippen LogP contribution in [0, 0.1) is 0 Å². The van der Waals surface area contributed by atoms with E-state index in [-0.39, 0.29) is 23.0 Å². The predicted octanol–water partition coefficient (Wildman–Crippen LogP) is 9.69. The Morgan fingerprint density at radius 2 is 1.30 bits per heavy atom. The highest BCUT2D eigenvalue weighted by Crippen LogP contribution is 2.27. The van der Waals surface area contributed by atoms with Gasteiger partial charge in [-0.2, -0.15) is 0 Å². The van der Waals surface area contributed by atoms with Crippen molar-refractivity contribution in [2.75, 3.05) is 0 Å². The van der Waals surface area contributed by atoms with Gasteiger partial charge in [0.2, 0.25) is 0 Å². The molecule has 0 spiro atoms. The second kappa shape index (κ2) is 17.9. The van der Waals surface area contributed by atoms with Gasteiger partial charge in [0.05, 0.1) is 22.8 Å². The maximum atomic E-state index is 12.9. The Bertz CT molecular complexity index is 1310.